The second-order valence-electron chi connectivity index (χ2n) is 8.31. The van der Waals surface area contributed by atoms with Crippen molar-refractivity contribution in [3.8, 4) is 0 Å². The molecule has 0 atom stereocenters. The number of rotatable bonds is 2. The summed E-state index contributed by atoms with van der Waals surface area (Å²) in [6.45, 7) is 9.74. The van der Waals surface area contributed by atoms with Crippen LogP contribution in [-0.4, -0.2) is 47.1 Å². The van der Waals surface area contributed by atoms with Gasteiger partial charge in [0.1, 0.15) is 0 Å². The van der Waals surface area contributed by atoms with Gasteiger partial charge in [-0.15, -0.1) is 12.4 Å². The Morgan fingerprint density at radius 1 is 1.22 bits per heavy atom. The van der Waals surface area contributed by atoms with Gasteiger partial charge in [0.2, 0.25) is 11.8 Å². The highest BCUT2D eigenvalue weighted by molar-refractivity contribution is 5.87. The normalized spacial score (nSPS) is 32.6. The second kappa shape index (κ2) is 5.18. The molecule has 6 nitrogen and oxygen atoms in total. The number of piperazine rings is 1. The lowest BCUT2D eigenvalue weighted by Gasteiger charge is -2.68. The quantitative estimate of drug-likeness (QED) is 0.886. The SMILES string of the molecule is CC(C)(C)c1noc(C23CC(C(=O)N4CCNCC4)(C2)C3)n1.Cl. The van der Waals surface area contributed by atoms with Crippen LogP contribution >= 0.6 is 12.4 Å². The number of nitrogens with zero attached hydrogens (tertiary/aromatic N) is 3. The highest BCUT2D eigenvalue weighted by Gasteiger charge is 2.75. The molecule has 3 aliphatic carbocycles. The fourth-order valence-corrected chi connectivity index (χ4v) is 4.19. The molecular formula is C16H25ClN4O2. The Balaban J connectivity index is 0.00000156. The van der Waals surface area contributed by atoms with Crippen molar-refractivity contribution in [1.82, 2.24) is 20.4 Å². The van der Waals surface area contributed by atoms with Gasteiger partial charge in [-0.25, -0.2) is 0 Å². The van der Waals surface area contributed by atoms with E-state index < -0.39 is 0 Å². The fourth-order valence-electron chi connectivity index (χ4n) is 4.19. The zero-order chi connectivity index (χ0) is 15.6. The Morgan fingerprint density at radius 2 is 1.83 bits per heavy atom. The van der Waals surface area contributed by atoms with Gasteiger partial charge >= 0.3 is 0 Å². The fraction of sp³-hybridized carbons (Fsp3) is 0.812. The molecule has 5 rings (SSSR count). The van der Waals surface area contributed by atoms with Gasteiger partial charge in [0, 0.05) is 31.6 Å². The first kappa shape index (κ1) is 16.7. The van der Waals surface area contributed by atoms with E-state index in [1.807, 2.05) is 4.90 Å². The minimum absolute atomic E-state index is 0. The number of carbonyl (C=O) groups is 1. The first-order valence-corrected chi connectivity index (χ1v) is 8.20. The predicted octanol–water partition coefficient (Wildman–Crippen LogP) is 1.64. The summed E-state index contributed by atoms with van der Waals surface area (Å²) >= 11 is 0. The zero-order valence-electron chi connectivity index (χ0n) is 14.0. The van der Waals surface area contributed by atoms with Crippen LogP contribution in [0.5, 0.6) is 0 Å². The molecule has 128 valence electrons. The van der Waals surface area contributed by atoms with E-state index in [-0.39, 0.29) is 28.7 Å². The van der Waals surface area contributed by atoms with E-state index in [9.17, 15) is 4.79 Å². The van der Waals surface area contributed by atoms with Crippen molar-refractivity contribution in [2.45, 2.75) is 50.9 Å². The van der Waals surface area contributed by atoms with Gasteiger partial charge < -0.3 is 14.7 Å². The molecule has 3 saturated carbocycles. The molecule has 4 aliphatic rings. The molecular weight excluding hydrogens is 316 g/mol. The molecule has 2 heterocycles. The van der Waals surface area contributed by atoms with E-state index in [0.717, 1.165) is 57.2 Å². The Bertz CT molecular complexity index is 596. The average Bonchev–Trinajstić information content (AvgIpc) is 2.86. The third-order valence-corrected chi connectivity index (χ3v) is 5.44. The van der Waals surface area contributed by atoms with Gasteiger partial charge in [0.15, 0.2) is 5.82 Å². The molecule has 1 aliphatic heterocycles. The van der Waals surface area contributed by atoms with Crippen LogP contribution in [0, 0.1) is 5.41 Å². The summed E-state index contributed by atoms with van der Waals surface area (Å²) in [7, 11) is 0. The number of hydrogen-bond acceptors (Lipinski definition) is 5. The molecule has 1 aromatic rings. The molecule has 0 aromatic carbocycles. The lowest BCUT2D eigenvalue weighted by atomic mass is 9.34. The highest BCUT2D eigenvalue weighted by atomic mass is 35.5. The van der Waals surface area contributed by atoms with Crippen LogP contribution < -0.4 is 5.32 Å². The Labute approximate surface area is 142 Å². The number of aromatic nitrogens is 2. The van der Waals surface area contributed by atoms with Crippen LogP contribution in [0.3, 0.4) is 0 Å². The van der Waals surface area contributed by atoms with Crippen LogP contribution in [0.15, 0.2) is 4.52 Å². The smallest absolute Gasteiger partial charge is 0.232 e. The molecule has 4 fully saturated rings. The molecule has 0 spiro atoms. The summed E-state index contributed by atoms with van der Waals surface area (Å²) in [5.41, 5.74) is -0.243. The Morgan fingerprint density at radius 3 is 2.35 bits per heavy atom. The summed E-state index contributed by atoms with van der Waals surface area (Å²) in [5, 5.41) is 7.42. The van der Waals surface area contributed by atoms with Crippen LogP contribution in [0.25, 0.3) is 0 Å². The lowest BCUT2D eigenvalue weighted by molar-refractivity contribution is -0.193. The standard InChI is InChI=1S/C16H24N4O2.ClH/c1-14(2,3)11-18-12(22-19-11)15-8-16(9-15,10-15)13(21)20-6-4-17-5-7-20;/h17H,4-10H2,1-3H3;1H. The van der Waals surface area contributed by atoms with Gasteiger partial charge in [-0.2, -0.15) is 4.98 Å². The maximum absolute atomic E-state index is 12.7. The summed E-state index contributed by atoms with van der Waals surface area (Å²) in [6.07, 6.45) is 2.65. The number of nitrogens with one attached hydrogen (secondary N) is 1. The van der Waals surface area contributed by atoms with Crippen LogP contribution in [0.1, 0.15) is 51.7 Å². The van der Waals surface area contributed by atoms with Crippen molar-refractivity contribution in [2.24, 2.45) is 5.41 Å². The number of hydrogen-bond donors (Lipinski definition) is 1. The number of halogens is 1. The van der Waals surface area contributed by atoms with Gasteiger partial charge in [-0.3, -0.25) is 4.79 Å². The maximum atomic E-state index is 12.7. The summed E-state index contributed by atoms with van der Waals surface area (Å²) < 4.78 is 5.51. The first-order valence-electron chi connectivity index (χ1n) is 8.20. The molecule has 1 saturated heterocycles. The Hall–Kier alpha value is -1.14. The van der Waals surface area contributed by atoms with E-state index in [1.165, 1.54) is 0 Å². The Kier molecular flexibility index (Phi) is 3.76. The topological polar surface area (TPSA) is 71.3 Å². The van der Waals surface area contributed by atoms with E-state index in [2.05, 4.69) is 36.2 Å². The molecule has 23 heavy (non-hydrogen) atoms. The van der Waals surface area contributed by atoms with Gasteiger partial charge in [-0.1, -0.05) is 25.9 Å². The van der Waals surface area contributed by atoms with Gasteiger partial charge in [0.25, 0.3) is 0 Å². The average molecular weight is 341 g/mol. The molecule has 7 heteroatoms. The summed E-state index contributed by atoms with van der Waals surface area (Å²) in [5.74, 6) is 1.84. The van der Waals surface area contributed by atoms with Crippen LogP contribution in [-0.2, 0) is 15.6 Å². The van der Waals surface area contributed by atoms with Crippen molar-refractivity contribution in [2.75, 3.05) is 26.2 Å². The summed E-state index contributed by atoms with van der Waals surface area (Å²) in [6, 6.07) is 0. The molecule has 2 bridgehead atoms. The third-order valence-electron chi connectivity index (χ3n) is 5.44. The second-order valence-corrected chi connectivity index (χ2v) is 8.31. The first-order chi connectivity index (χ1) is 10.3. The minimum atomic E-state index is -0.131. The van der Waals surface area contributed by atoms with Gasteiger partial charge in [0.05, 0.1) is 10.8 Å². The van der Waals surface area contributed by atoms with Crippen LogP contribution in [0.2, 0.25) is 0 Å². The monoisotopic (exact) mass is 340 g/mol. The minimum Gasteiger partial charge on any atom is -0.340 e. The van der Waals surface area contributed by atoms with E-state index in [4.69, 9.17) is 4.52 Å². The molecule has 0 radical (unpaired) electrons. The van der Waals surface area contributed by atoms with Crippen molar-refractivity contribution in [3.05, 3.63) is 11.7 Å². The van der Waals surface area contributed by atoms with E-state index in [0.29, 0.717) is 5.91 Å². The van der Waals surface area contributed by atoms with E-state index >= 15 is 0 Å². The zero-order valence-corrected chi connectivity index (χ0v) is 14.8. The number of carbonyl (C=O) groups excluding carboxylic acids is 1. The van der Waals surface area contributed by atoms with Crippen molar-refractivity contribution in [3.63, 3.8) is 0 Å². The van der Waals surface area contributed by atoms with Crippen LogP contribution in [0.4, 0.5) is 0 Å². The van der Waals surface area contributed by atoms with Gasteiger partial charge in [-0.05, 0) is 19.3 Å². The third kappa shape index (κ3) is 2.38. The molecule has 1 aromatic heterocycles. The lowest BCUT2D eigenvalue weighted by Crippen LogP contribution is -2.71. The predicted molar refractivity (Wildman–Crippen MR) is 87.7 cm³/mol. The van der Waals surface area contributed by atoms with Crippen molar-refractivity contribution >= 4 is 18.3 Å². The van der Waals surface area contributed by atoms with Crippen molar-refractivity contribution < 1.29 is 9.32 Å². The maximum Gasteiger partial charge on any atom is 0.232 e. The summed E-state index contributed by atoms with van der Waals surface area (Å²) in [4.78, 5) is 19.3. The highest BCUT2D eigenvalue weighted by Crippen LogP contribution is 2.73. The molecule has 0 unspecified atom stereocenters. The van der Waals surface area contributed by atoms with Crippen molar-refractivity contribution in [1.29, 1.82) is 0 Å². The number of amides is 1. The largest absolute Gasteiger partial charge is 0.340 e. The van der Waals surface area contributed by atoms with E-state index in [1.54, 1.807) is 0 Å². The molecule has 1 N–H and O–H groups in total. The molecule has 1 amide bonds.